The largest absolute Gasteiger partial charge is 0.479 e. The molecule has 1 amide bonds. The van der Waals surface area contributed by atoms with E-state index in [1.807, 2.05) is 0 Å². The van der Waals surface area contributed by atoms with Crippen LogP contribution in [0.2, 0.25) is 10.0 Å². The monoisotopic (exact) mass is 416 g/mol. The SMILES string of the molecule is CNS(=O)(=O)c1cccc(CNC(=O)C(C)Oc2cccc(Cl)c2Cl)c1. The molecule has 1 atom stereocenters. The van der Waals surface area contributed by atoms with E-state index in [0.29, 0.717) is 16.3 Å². The van der Waals surface area contributed by atoms with Gasteiger partial charge in [0.25, 0.3) is 5.91 Å². The Morgan fingerprint density at radius 1 is 1.19 bits per heavy atom. The first kappa shape index (κ1) is 20.5. The van der Waals surface area contributed by atoms with Gasteiger partial charge in [0.05, 0.1) is 9.92 Å². The minimum absolute atomic E-state index is 0.127. The molecule has 0 bridgehead atoms. The Labute approximate surface area is 162 Å². The first-order valence-electron chi connectivity index (χ1n) is 7.65. The number of sulfonamides is 1. The second-order valence-corrected chi connectivity index (χ2v) is 8.06. The van der Waals surface area contributed by atoms with Crippen LogP contribution in [0.25, 0.3) is 0 Å². The van der Waals surface area contributed by atoms with E-state index in [4.69, 9.17) is 27.9 Å². The maximum atomic E-state index is 12.2. The van der Waals surface area contributed by atoms with Crippen molar-refractivity contribution in [3.63, 3.8) is 0 Å². The molecule has 9 heteroatoms. The third kappa shape index (κ3) is 5.11. The number of hydrogen-bond donors (Lipinski definition) is 2. The summed E-state index contributed by atoms with van der Waals surface area (Å²) in [5.74, 6) is -0.0631. The maximum Gasteiger partial charge on any atom is 0.261 e. The Balaban J connectivity index is 2.00. The molecule has 2 rings (SSSR count). The van der Waals surface area contributed by atoms with Gasteiger partial charge in [-0.05, 0) is 43.8 Å². The highest BCUT2D eigenvalue weighted by Gasteiger charge is 2.17. The summed E-state index contributed by atoms with van der Waals surface area (Å²) >= 11 is 12.0. The average molecular weight is 417 g/mol. The van der Waals surface area contributed by atoms with Gasteiger partial charge in [0.2, 0.25) is 10.0 Å². The molecule has 0 aliphatic heterocycles. The van der Waals surface area contributed by atoms with E-state index >= 15 is 0 Å². The fourth-order valence-corrected chi connectivity index (χ4v) is 3.23. The molecule has 140 valence electrons. The molecule has 6 nitrogen and oxygen atoms in total. The van der Waals surface area contributed by atoms with Crippen LogP contribution in [0, 0.1) is 0 Å². The molecule has 0 saturated carbocycles. The predicted octanol–water partition coefficient (Wildman–Crippen LogP) is 2.99. The molecule has 26 heavy (non-hydrogen) atoms. The van der Waals surface area contributed by atoms with Crippen LogP contribution in [0.1, 0.15) is 12.5 Å². The van der Waals surface area contributed by atoms with Gasteiger partial charge in [-0.3, -0.25) is 4.79 Å². The highest BCUT2D eigenvalue weighted by molar-refractivity contribution is 7.89. The molecule has 0 aliphatic carbocycles. The van der Waals surface area contributed by atoms with E-state index in [2.05, 4.69) is 10.0 Å². The normalized spacial score (nSPS) is 12.5. The Kier molecular flexibility index (Phi) is 6.88. The van der Waals surface area contributed by atoms with Crippen molar-refractivity contribution in [2.45, 2.75) is 24.5 Å². The van der Waals surface area contributed by atoms with Crippen LogP contribution in [-0.4, -0.2) is 27.5 Å². The fourth-order valence-electron chi connectivity index (χ4n) is 2.09. The molecule has 2 N–H and O–H groups in total. The summed E-state index contributed by atoms with van der Waals surface area (Å²) < 4.78 is 31.4. The molecule has 0 radical (unpaired) electrons. The fraction of sp³-hybridized carbons (Fsp3) is 0.235. The van der Waals surface area contributed by atoms with Gasteiger partial charge in [0, 0.05) is 6.54 Å². The van der Waals surface area contributed by atoms with E-state index < -0.39 is 16.1 Å². The summed E-state index contributed by atoms with van der Waals surface area (Å²) in [6.45, 7) is 1.73. The summed E-state index contributed by atoms with van der Waals surface area (Å²) in [7, 11) is -2.20. The number of amides is 1. The highest BCUT2D eigenvalue weighted by Crippen LogP contribution is 2.32. The Hall–Kier alpha value is -1.80. The Morgan fingerprint density at radius 2 is 1.88 bits per heavy atom. The standard InChI is InChI=1S/C17H18Cl2N2O4S/c1-11(25-15-8-4-7-14(18)16(15)19)17(22)21-10-12-5-3-6-13(9-12)26(23,24)20-2/h3-9,11,20H,10H2,1-2H3,(H,21,22). The van der Waals surface area contributed by atoms with Crippen LogP contribution < -0.4 is 14.8 Å². The molecule has 0 saturated heterocycles. The maximum absolute atomic E-state index is 12.2. The van der Waals surface area contributed by atoms with E-state index in [1.165, 1.54) is 19.2 Å². The first-order valence-corrected chi connectivity index (χ1v) is 9.89. The zero-order valence-corrected chi connectivity index (χ0v) is 16.5. The molecule has 2 aromatic carbocycles. The number of rotatable bonds is 7. The lowest BCUT2D eigenvalue weighted by Gasteiger charge is -2.16. The Morgan fingerprint density at radius 3 is 2.58 bits per heavy atom. The van der Waals surface area contributed by atoms with Gasteiger partial charge in [-0.1, -0.05) is 41.4 Å². The van der Waals surface area contributed by atoms with Crippen molar-refractivity contribution >= 4 is 39.1 Å². The topological polar surface area (TPSA) is 84.5 Å². The number of carbonyl (C=O) groups excluding carboxylic acids is 1. The van der Waals surface area contributed by atoms with Gasteiger partial charge in [-0.15, -0.1) is 0 Å². The van der Waals surface area contributed by atoms with Gasteiger partial charge in [-0.25, -0.2) is 13.1 Å². The molecule has 2 aromatic rings. The number of ether oxygens (including phenoxy) is 1. The van der Waals surface area contributed by atoms with Crippen LogP contribution in [0.3, 0.4) is 0 Å². The van der Waals surface area contributed by atoms with E-state index in [-0.39, 0.29) is 22.4 Å². The van der Waals surface area contributed by atoms with Crippen molar-refractivity contribution in [1.82, 2.24) is 10.0 Å². The van der Waals surface area contributed by atoms with Crippen molar-refractivity contribution in [3.05, 3.63) is 58.1 Å². The van der Waals surface area contributed by atoms with Crippen molar-refractivity contribution < 1.29 is 17.9 Å². The molecule has 0 aliphatic rings. The zero-order chi connectivity index (χ0) is 19.3. The number of benzene rings is 2. The number of nitrogens with one attached hydrogen (secondary N) is 2. The van der Waals surface area contributed by atoms with Gasteiger partial charge < -0.3 is 10.1 Å². The van der Waals surface area contributed by atoms with E-state index in [0.717, 1.165) is 0 Å². The van der Waals surface area contributed by atoms with Crippen LogP contribution in [-0.2, 0) is 21.4 Å². The van der Waals surface area contributed by atoms with Crippen LogP contribution in [0.5, 0.6) is 5.75 Å². The van der Waals surface area contributed by atoms with Gasteiger partial charge >= 0.3 is 0 Å². The molecule has 0 fully saturated rings. The summed E-state index contributed by atoms with van der Waals surface area (Å²) in [5.41, 5.74) is 0.641. The van der Waals surface area contributed by atoms with Crippen molar-refractivity contribution in [2.24, 2.45) is 0 Å². The van der Waals surface area contributed by atoms with Gasteiger partial charge in [0.15, 0.2) is 6.10 Å². The average Bonchev–Trinajstić information content (AvgIpc) is 2.63. The lowest BCUT2D eigenvalue weighted by atomic mass is 10.2. The minimum Gasteiger partial charge on any atom is -0.479 e. The third-order valence-corrected chi connectivity index (χ3v) is 5.75. The van der Waals surface area contributed by atoms with E-state index in [9.17, 15) is 13.2 Å². The van der Waals surface area contributed by atoms with Crippen molar-refractivity contribution in [1.29, 1.82) is 0 Å². The minimum atomic E-state index is -3.54. The zero-order valence-electron chi connectivity index (χ0n) is 14.1. The highest BCUT2D eigenvalue weighted by atomic mass is 35.5. The molecule has 0 heterocycles. The first-order chi connectivity index (χ1) is 12.2. The third-order valence-electron chi connectivity index (χ3n) is 3.53. The molecular weight excluding hydrogens is 399 g/mol. The van der Waals surface area contributed by atoms with Gasteiger partial charge in [-0.2, -0.15) is 0 Å². The molecule has 1 unspecified atom stereocenters. The van der Waals surface area contributed by atoms with Crippen LogP contribution >= 0.6 is 23.2 Å². The molecule has 0 spiro atoms. The Bertz CT molecular complexity index is 903. The number of halogens is 2. The van der Waals surface area contributed by atoms with Crippen LogP contribution in [0.4, 0.5) is 0 Å². The lowest BCUT2D eigenvalue weighted by molar-refractivity contribution is -0.127. The van der Waals surface area contributed by atoms with E-state index in [1.54, 1.807) is 37.3 Å². The second-order valence-electron chi connectivity index (χ2n) is 5.38. The number of carbonyl (C=O) groups is 1. The quantitative estimate of drug-likeness (QED) is 0.726. The second kappa shape index (κ2) is 8.73. The molecular formula is C17H18Cl2N2O4S. The van der Waals surface area contributed by atoms with Gasteiger partial charge in [0.1, 0.15) is 10.8 Å². The number of hydrogen-bond acceptors (Lipinski definition) is 4. The van der Waals surface area contributed by atoms with Crippen LogP contribution in [0.15, 0.2) is 47.4 Å². The lowest BCUT2D eigenvalue weighted by Crippen LogP contribution is -2.36. The van der Waals surface area contributed by atoms with Crippen molar-refractivity contribution in [2.75, 3.05) is 7.05 Å². The summed E-state index contributed by atoms with van der Waals surface area (Å²) in [5, 5.41) is 3.26. The van der Waals surface area contributed by atoms with Crippen molar-refractivity contribution in [3.8, 4) is 5.75 Å². The smallest absolute Gasteiger partial charge is 0.261 e. The summed E-state index contributed by atoms with van der Waals surface area (Å²) in [6, 6.07) is 11.2. The predicted molar refractivity (Wildman–Crippen MR) is 101 cm³/mol. The summed E-state index contributed by atoms with van der Waals surface area (Å²) in [4.78, 5) is 12.3. The molecule has 0 aromatic heterocycles. The summed E-state index contributed by atoms with van der Waals surface area (Å²) in [6.07, 6.45) is -0.810.